The lowest BCUT2D eigenvalue weighted by molar-refractivity contribution is 0.0979. The van der Waals surface area contributed by atoms with Gasteiger partial charge in [-0.15, -0.1) is 0 Å². The molecule has 0 saturated carbocycles. The monoisotopic (exact) mass is 387 g/mol. The highest BCUT2D eigenvalue weighted by Crippen LogP contribution is 2.34. The number of methoxy groups -OCH3 is 1. The number of anilines is 1. The van der Waals surface area contributed by atoms with Crippen LogP contribution in [0.4, 0.5) is 5.13 Å². The molecule has 0 bridgehead atoms. The number of amides is 1. The number of likely N-dealkylation sites (N-methyl/N-ethyl adjacent to an activating group) is 1. The Bertz CT molecular complexity index is 931. The van der Waals surface area contributed by atoms with Gasteiger partial charge in [0.05, 0.1) is 11.8 Å². The van der Waals surface area contributed by atoms with Gasteiger partial charge in [-0.2, -0.15) is 5.10 Å². The predicted molar refractivity (Wildman–Crippen MR) is 109 cm³/mol. The van der Waals surface area contributed by atoms with Gasteiger partial charge in [-0.05, 0) is 46.1 Å². The summed E-state index contributed by atoms with van der Waals surface area (Å²) in [6.45, 7) is 5.32. The molecule has 0 spiro atoms. The number of hydrogen-bond donors (Lipinski definition) is 0. The number of thiazole rings is 1. The molecule has 3 rings (SSSR count). The van der Waals surface area contributed by atoms with Crippen LogP contribution in [0.5, 0.6) is 5.75 Å². The average Bonchev–Trinajstić information content (AvgIpc) is 3.28. The molecule has 0 radical (unpaired) electrons. The molecule has 0 aliphatic carbocycles. The van der Waals surface area contributed by atoms with Crippen molar-refractivity contribution in [2.24, 2.45) is 0 Å². The normalized spacial score (nSPS) is 11.5. The van der Waals surface area contributed by atoms with Gasteiger partial charge in [0.25, 0.3) is 5.91 Å². The number of rotatable bonds is 7. The van der Waals surface area contributed by atoms with E-state index < -0.39 is 0 Å². The molecule has 0 aliphatic heterocycles. The largest absolute Gasteiger partial charge is 0.494 e. The van der Waals surface area contributed by atoms with Crippen molar-refractivity contribution in [2.75, 3.05) is 39.2 Å². The van der Waals surface area contributed by atoms with E-state index in [1.54, 1.807) is 22.8 Å². The molecule has 0 saturated heterocycles. The molecular formula is C19H25N5O2S. The van der Waals surface area contributed by atoms with E-state index in [0.717, 1.165) is 16.8 Å². The van der Waals surface area contributed by atoms with Gasteiger partial charge < -0.3 is 9.64 Å². The van der Waals surface area contributed by atoms with Crippen molar-refractivity contribution in [2.45, 2.75) is 19.9 Å². The first-order valence-electron chi connectivity index (χ1n) is 8.86. The van der Waals surface area contributed by atoms with E-state index in [0.29, 0.717) is 23.1 Å². The molecule has 0 atom stereocenters. The van der Waals surface area contributed by atoms with Crippen LogP contribution in [0, 0.1) is 0 Å². The van der Waals surface area contributed by atoms with E-state index in [1.165, 1.54) is 11.3 Å². The van der Waals surface area contributed by atoms with Crippen molar-refractivity contribution in [1.82, 2.24) is 19.7 Å². The van der Waals surface area contributed by atoms with Crippen LogP contribution in [0.2, 0.25) is 0 Å². The van der Waals surface area contributed by atoms with Gasteiger partial charge in [-0.1, -0.05) is 17.4 Å². The zero-order valence-electron chi connectivity index (χ0n) is 16.3. The predicted octanol–water partition coefficient (Wildman–Crippen LogP) is 3.29. The molecule has 0 aliphatic rings. The summed E-state index contributed by atoms with van der Waals surface area (Å²) < 4.78 is 8.19. The summed E-state index contributed by atoms with van der Waals surface area (Å²) in [5.74, 6) is 0.563. The van der Waals surface area contributed by atoms with Crippen LogP contribution in [0.25, 0.3) is 10.2 Å². The Morgan fingerprint density at radius 1 is 1.26 bits per heavy atom. The first kappa shape index (κ1) is 19.3. The molecule has 0 N–H and O–H groups in total. The Hall–Kier alpha value is -2.45. The molecule has 27 heavy (non-hydrogen) atoms. The smallest absolute Gasteiger partial charge is 0.280 e. The number of nitrogens with zero attached hydrogens (tertiary/aromatic N) is 5. The van der Waals surface area contributed by atoms with Gasteiger partial charge in [0.1, 0.15) is 11.3 Å². The van der Waals surface area contributed by atoms with Crippen molar-refractivity contribution in [3.05, 3.63) is 36.2 Å². The van der Waals surface area contributed by atoms with E-state index in [4.69, 9.17) is 9.72 Å². The molecule has 0 fully saturated rings. The molecular weight excluding hydrogens is 362 g/mol. The Morgan fingerprint density at radius 3 is 2.67 bits per heavy atom. The summed E-state index contributed by atoms with van der Waals surface area (Å²) in [5, 5.41) is 5.09. The minimum Gasteiger partial charge on any atom is -0.494 e. The number of fused-ring (bicyclic) bond motifs is 1. The molecule has 1 aromatic carbocycles. The maximum Gasteiger partial charge on any atom is 0.280 e. The summed E-state index contributed by atoms with van der Waals surface area (Å²) >= 11 is 1.48. The lowest BCUT2D eigenvalue weighted by Crippen LogP contribution is -2.37. The van der Waals surface area contributed by atoms with Crippen molar-refractivity contribution in [3.63, 3.8) is 0 Å². The van der Waals surface area contributed by atoms with E-state index in [-0.39, 0.29) is 11.9 Å². The SMILES string of the molecule is COc1cccc2sc(N(CCN(C)C)C(=O)c3ccn(C(C)C)n3)nc12. The lowest BCUT2D eigenvalue weighted by atomic mass is 10.3. The first-order valence-corrected chi connectivity index (χ1v) is 9.67. The fourth-order valence-electron chi connectivity index (χ4n) is 2.65. The van der Waals surface area contributed by atoms with Gasteiger partial charge >= 0.3 is 0 Å². The second kappa shape index (κ2) is 8.06. The van der Waals surface area contributed by atoms with Crippen LogP contribution >= 0.6 is 11.3 Å². The summed E-state index contributed by atoms with van der Waals surface area (Å²) in [5.41, 5.74) is 1.20. The molecule has 2 heterocycles. The first-order chi connectivity index (χ1) is 12.9. The van der Waals surface area contributed by atoms with E-state index in [2.05, 4.69) is 5.10 Å². The maximum atomic E-state index is 13.2. The fourth-order valence-corrected chi connectivity index (χ4v) is 3.66. The van der Waals surface area contributed by atoms with Crippen LogP contribution in [0.1, 0.15) is 30.4 Å². The van der Waals surface area contributed by atoms with Crippen LogP contribution < -0.4 is 9.64 Å². The summed E-state index contributed by atoms with van der Waals surface area (Å²) in [4.78, 5) is 21.6. The third-order valence-corrected chi connectivity index (χ3v) is 5.24. The van der Waals surface area contributed by atoms with Crippen LogP contribution in [0.15, 0.2) is 30.5 Å². The molecule has 0 unspecified atom stereocenters. The third-order valence-electron chi connectivity index (χ3n) is 4.19. The zero-order chi connectivity index (χ0) is 19.6. The molecule has 3 aromatic rings. The van der Waals surface area contributed by atoms with E-state index in [9.17, 15) is 4.79 Å². The number of para-hydroxylation sites is 1. The zero-order valence-corrected chi connectivity index (χ0v) is 17.2. The van der Waals surface area contributed by atoms with Gasteiger partial charge in [-0.3, -0.25) is 14.4 Å². The second-order valence-corrected chi connectivity index (χ2v) is 7.85. The van der Waals surface area contributed by atoms with Crippen molar-refractivity contribution < 1.29 is 9.53 Å². The number of benzene rings is 1. The summed E-state index contributed by atoms with van der Waals surface area (Å²) in [6, 6.07) is 7.76. The number of aromatic nitrogens is 3. The van der Waals surface area contributed by atoms with Crippen molar-refractivity contribution >= 4 is 32.6 Å². The topological polar surface area (TPSA) is 63.5 Å². The molecule has 8 heteroatoms. The average molecular weight is 388 g/mol. The summed E-state index contributed by atoms with van der Waals surface area (Å²) in [6.07, 6.45) is 1.84. The number of ether oxygens (including phenoxy) is 1. The lowest BCUT2D eigenvalue weighted by Gasteiger charge is -2.21. The minimum absolute atomic E-state index is 0.144. The van der Waals surface area contributed by atoms with Crippen molar-refractivity contribution in [1.29, 1.82) is 0 Å². The number of carbonyl (C=O) groups is 1. The van der Waals surface area contributed by atoms with Gasteiger partial charge in [0, 0.05) is 25.3 Å². The Labute approximate surface area is 163 Å². The quantitative estimate of drug-likeness (QED) is 0.622. The Balaban J connectivity index is 1.98. The second-order valence-electron chi connectivity index (χ2n) is 6.84. The maximum absolute atomic E-state index is 13.2. The molecule has 1 amide bonds. The number of carbonyl (C=O) groups excluding carboxylic acids is 1. The highest BCUT2D eigenvalue weighted by molar-refractivity contribution is 7.22. The van der Waals surface area contributed by atoms with E-state index >= 15 is 0 Å². The summed E-state index contributed by atoms with van der Waals surface area (Å²) in [7, 11) is 5.59. The minimum atomic E-state index is -0.144. The van der Waals surface area contributed by atoms with Crippen LogP contribution in [-0.4, -0.2) is 59.9 Å². The number of hydrogen-bond acceptors (Lipinski definition) is 6. The fraction of sp³-hybridized carbons (Fsp3) is 0.421. The van der Waals surface area contributed by atoms with Gasteiger partial charge in [0.2, 0.25) is 0 Å². The van der Waals surface area contributed by atoms with Crippen LogP contribution in [0.3, 0.4) is 0 Å². The Morgan fingerprint density at radius 2 is 2.04 bits per heavy atom. The Kier molecular flexibility index (Phi) is 5.76. The molecule has 144 valence electrons. The third kappa shape index (κ3) is 4.12. The highest BCUT2D eigenvalue weighted by atomic mass is 32.1. The standard InChI is InChI=1S/C19H25N5O2S/c1-13(2)24-10-9-14(21-24)18(25)23(12-11-22(3)4)19-20-17-15(26-5)7-6-8-16(17)27-19/h6-10,13H,11-12H2,1-5H3. The van der Waals surface area contributed by atoms with E-state index in [1.807, 2.05) is 57.2 Å². The molecule has 7 nitrogen and oxygen atoms in total. The van der Waals surface area contributed by atoms with Crippen molar-refractivity contribution in [3.8, 4) is 5.75 Å². The van der Waals surface area contributed by atoms with Gasteiger partial charge in [0.15, 0.2) is 10.8 Å². The van der Waals surface area contributed by atoms with Crippen LogP contribution in [-0.2, 0) is 0 Å². The van der Waals surface area contributed by atoms with Gasteiger partial charge in [-0.25, -0.2) is 4.98 Å². The highest BCUT2D eigenvalue weighted by Gasteiger charge is 2.24. The molecule has 2 aromatic heterocycles.